The fourth-order valence-corrected chi connectivity index (χ4v) is 3.39. The van der Waals surface area contributed by atoms with E-state index in [0.29, 0.717) is 16.5 Å². The number of halogens is 1. The zero-order chi connectivity index (χ0) is 19.4. The van der Waals surface area contributed by atoms with E-state index in [1.165, 1.54) is 19.3 Å². The molecule has 2 amide bonds. The molecule has 1 aromatic carbocycles. The summed E-state index contributed by atoms with van der Waals surface area (Å²) < 4.78 is 10.6. The molecule has 9 heteroatoms. The van der Waals surface area contributed by atoms with Gasteiger partial charge in [-0.05, 0) is 64.8 Å². The van der Waals surface area contributed by atoms with E-state index in [1.807, 2.05) is 6.92 Å². The minimum atomic E-state index is -0.628. The topological polar surface area (TPSA) is 93.1 Å². The lowest BCUT2D eigenvalue weighted by atomic mass is 10.2. The molecule has 140 valence electrons. The lowest BCUT2D eigenvalue weighted by Crippen LogP contribution is -2.35. The number of carbonyl (C=O) groups is 3. The zero-order valence-corrected chi connectivity index (χ0v) is 16.8. The van der Waals surface area contributed by atoms with Gasteiger partial charge < -0.3 is 14.6 Å². The van der Waals surface area contributed by atoms with Crippen LogP contribution in [0.2, 0.25) is 0 Å². The minimum Gasteiger partial charge on any atom is -0.503 e. The molecule has 7 nitrogen and oxygen atoms in total. The van der Waals surface area contributed by atoms with Gasteiger partial charge in [0.2, 0.25) is 0 Å². The first-order valence-electron chi connectivity index (χ1n) is 7.78. The van der Waals surface area contributed by atoms with E-state index in [4.69, 9.17) is 9.47 Å². The number of hydrogen-bond acceptors (Lipinski definition) is 7. The van der Waals surface area contributed by atoms with Gasteiger partial charge in [-0.25, -0.2) is 0 Å². The van der Waals surface area contributed by atoms with Gasteiger partial charge in [0.1, 0.15) is 6.54 Å². The first-order chi connectivity index (χ1) is 12.3. The van der Waals surface area contributed by atoms with Crippen molar-refractivity contribution in [2.75, 3.05) is 13.7 Å². The number of rotatable bonds is 6. The standard InChI is InChI=1S/C17H18BrNO6S/c1-4-9(2)25-14(20)8-19-16(22)13(26-17(19)23)7-10-5-11(18)15(21)12(6-10)24-3/h5-7,9,21H,4,8H2,1-3H3/b13-7+/t9-/m1/s1. The van der Waals surface area contributed by atoms with Crippen LogP contribution in [-0.2, 0) is 14.3 Å². The number of benzene rings is 1. The molecule has 1 fully saturated rings. The second-order valence-electron chi connectivity index (χ2n) is 5.53. The van der Waals surface area contributed by atoms with E-state index in [1.54, 1.807) is 13.0 Å². The van der Waals surface area contributed by atoms with Crippen LogP contribution in [0.3, 0.4) is 0 Å². The Morgan fingerprint density at radius 3 is 2.73 bits per heavy atom. The highest BCUT2D eigenvalue weighted by Crippen LogP contribution is 2.38. The summed E-state index contributed by atoms with van der Waals surface area (Å²) in [6, 6.07) is 3.12. The Morgan fingerprint density at radius 2 is 2.12 bits per heavy atom. The first kappa shape index (κ1) is 20.3. The first-order valence-corrected chi connectivity index (χ1v) is 9.39. The smallest absolute Gasteiger partial charge is 0.326 e. The van der Waals surface area contributed by atoms with Crippen LogP contribution in [0, 0.1) is 0 Å². The predicted octanol–water partition coefficient (Wildman–Crippen LogP) is 3.54. The number of phenolic OH excluding ortho intramolecular Hbond substituents is 1. The number of amides is 2. The summed E-state index contributed by atoms with van der Waals surface area (Å²) in [6.07, 6.45) is 1.86. The van der Waals surface area contributed by atoms with Crippen LogP contribution in [0.25, 0.3) is 6.08 Å². The number of thioether (sulfide) groups is 1. The molecule has 1 N–H and O–H groups in total. The van der Waals surface area contributed by atoms with Crippen molar-refractivity contribution in [3.8, 4) is 11.5 Å². The number of carbonyl (C=O) groups excluding carboxylic acids is 3. The van der Waals surface area contributed by atoms with Gasteiger partial charge in [0, 0.05) is 0 Å². The van der Waals surface area contributed by atoms with Gasteiger partial charge in [-0.3, -0.25) is 19.3 Å². The van der Waals surface area contributed by atoms with Gasteiger partial charge in [-0.15, -0.1) is 0 Å². The van der Waals surface area contributed by atoms with Crippen LogP contribution in [0.4, 0.5) is 4.79 Å². The Balaban J connectivity index is 2.19. The molecular weight excluding hydrogens is 426 g/mol. The number of aromatic hydroxyl groups is 1. The molecule has 0 unspecified atom stereocenters. The average molecular weight is 444 g/mol. The number of methoxy groups -OCH3 is 1. The van der Waals surface area contributed by atoms with E-state index in [-0.39, 0.29) is 22.5 Å². The molecule has 26 heavy (non-hydrogen) atoms. The number of ether oxygens (including phenoxy) is 2. The van der Waals surface area contributed by atoms with Crippen LogP contribution >= 0.6 is 27.7 Å². The molecule has 1 saturated heterocycles. The van der Waals surface area contributed by atoms with Gasteiger partial charge in [-0.1, -0.05) is 6.92 Å². The van der Waals surface area contributed by atoms with Crippen LogP contribution in [0.1, 0.15) is 25.8 Å². The Bertz CT molecular complexity index is 779. The second-order valence-corrected chi connectivity index (χ2v) is 7.38. The molecule has 1 heterocycles. The Labute approximate surface area is 163 Å². The maximum Gasteiger partial charge on any atom is 0.326 e. The average Bonchev–Trinajstić information content (AvgIpc) is 2.85. The molecule has 1 aromatic rings. The highest BCUT2D eigenvalue weighted by Gasteiger charge is 2.36. The van der Waals surface area contributed by atoms with E-state index in [9.17, 15) is 19.5 Å². The van der Waals surface area contributed by atoms with Crippen molar-refractivity contribution < 1.29 is 29.0 Å². The van der Waals surface area contributed by atoms with Crippen molar-refractivity contribution in [2.24, 2.45) is 0 Å². The third kappa shape index (κ3) is 4.59. The number of imide groups is 1. The van der Waals surface area contributed by atoms with E-state index in [2.05, 4.69) is 15.9 Å². The summed E-state index contributed by atoms with van der Waals surface area (Å²) in [5.74, 6) is -1.03. The Morgan fingerprint density at radius 1 is 1.42 bits per heavy atom. The van der Waals surface area contributed by atoms with Gasteiger partial charge in [0.15, 0.2) is 11.5 Å². The van der Waals surface area contributed by atoms with Gasteiger partial charge in [0.05, 0.1) is 22.6 Å². The largest absolute Gasteiger partial charge is 0.503 e. The summed E-state index contributed by atoms with van der Waals surface area (Å²) >= 11 is 3.94. The van der Waals surface area contributed by atoms with Crippen molar-refractivity contribution in [1.82, 2.24) is 4.90 Å². The summed E-state index contributed by atoms with van der Waals surface area (Å²) in [6.45, 7) is 3.18. The molecular formula is C17H18BrNO6S. The van der Waals surface area contributed by atoms with Crippen LogP contribution < -0.4 is 4.74 Å². The number of esters is 1. The van der Waals surface area contributed by atoms with Gasteiger partial charge >= 0.3 is 5.97 Å². The van der Waals surface area contributed by atoms with Crippen molar-refractivity contribution in [3.05, 3.63) is 27.1 Å². The molecule has 1 atom stereocenters. The van der Waals surface area contributed by atoms with Crippen molar-refractivity contribution in [1.29, 1.82) is 0 Å². The third-order valence-corrected chi connectivity index (χ3v) is 5.15. The Kier molecular flexibility index (Phi) is 6.71. The van der Waals surface area contributed by atoms with Crippen molar-refractivity contribution >= 4 is 50.9 Å². The van der Waals surface area contributed by atoms with Gasteiger partial charge in [0.25, 0.3) is 11.1 Å². The molecule has 0 aromatic heterocycles. The summed E-state index contributed by atoms with van der Waals surface area (Å²) in [5.41, 5.74) is 0.555. The van der Waals surface area contributed by atoms with Crippen LogP contribution in [-0.4, -0.2) is 46.9 Å². The van der Waals surface area contributed by atoms with Crippen LogP contribution in [0.5, 0.6) is 11.5 Å². The van der Waals surface area contributed by atoms with Gasteiger partial charge in [-0.2, -0.15) is 0 Å². The summed E-state index contributed by atoms with van der Waals surface area (Å²) in [5, 5.41) is 9.30. The molecule has 0 aliphatic carbocycles. The number of hydrogen-bond donors (Lipinski definition) is 1. The number of phenols is 1. The fraction of sp³-hybridized carbons (Fsp3) is 0.353. The maximum absolute atomic E-state index is 12.4. The molecule has 0 bridgehead atoms. The molecule has 0 spiro atoms. The second kappa shape index (κ2) is 8.59. The summed E-state index contributed by atoms with van der Waals surface area (Å²) in [4.78, 5) is 37.4. The SMILES string of the molecule is CC[C@@H](C)OC(=O)CN1C(=O)S/C(=C/c2cc(Br)c(O)c(OC)c2)C1=O. The third-order valence-electron chi connectivity index (χ3n) is 3.64. The lowest BCUT2D eigenvalue weighted by Gasteiger charge is -2.14. The molecule has 1 aliphatic rings. The Hall–Kier alpha value is -2.00. The molecule has 0 saturated carbocycles. The zero-order valence-electron chi connectivity index (χ0n) is 14.4. The van der Waals surface area contributed by atoms with Crippen molar-refractivity contribution in [2.45, 2.75) is 26.4 Å². The maximum atomic E-state index is 12.4. The summed E-state index contributed by atoms with van der Waals surface area (Å²) in [7, 11) is 1.40. The van der Waals surface area contributed by atoms with E-state index >= 15 is 0 Å². The normalized spacial score (nSPS) is 16.9. The highest BCUT2D eigenvalue weighted by atomic mass is 79.9. The lowest BCUT2D eigenvalue weighted by molar-refractivity contribution is -0.150. The molecule has 2 rings (SSSR count). The highest BCUT2D eigenvalue weighted by molar-refractivity contribution is 9.10. The van der Waals surface area contributed by atoms with Crippen molar-refractivity contribution in [3.63, 3.8) is 0 Å². The van der Waals surface area contributed by atoms with E-state index in [0.717, 1.165) is 16.7 Å². The predicted molar refractivity (Wildman–Crippen MR) is 101 cm³/mol. The van der Waals surface area contributed by atoms with E-state index < -0.39 is 23.7 Å². The van der Waals surface area contributed by atoms with Crippen LogP contribution in [0.15, 0.2) is 21.5 Å². The molecule has 0 radical (unpaired) electrons. The number of nitrogens with zero attached hydrogens (tertiary/aromatic N) is 1. The quantitative estimate of drug-likeness (QED) is 0.530. The minimum absolute atomic E-state index is 0.0643. The molecule has 1 aliphatic heterocycles. The monoisotopic (exact) mass is 443 g/mol. The fourth-order valence-electron chi connectivity index (χ4n) is 2.09.